The van der Waals surface area contributed by atoms with Crippen molar-refractivity contribution in [3.8, 4) is 0 Å². The Morgan fingerprint density at radius 3 is 2.62 bits per heavy atom. The number of nitrogens with one attached hydrogen (secondary N) is 1. The molecule has 2 heteroatoms. The number of benzene rings is 1. The second-order valence-corrected chi connectivity index (χ2v) is 3.28. The molecule has 0 spiro atoms. The lowest BCUT2D eigenvalue weighted by Crippen LogP contribution is -2.26. The summed E-state index contributed by atoms with van der Waals surface area (Å²) in [6, 6.07) is 10.7. The molecule has 0 bridgehead atoms. The Morgan fingerprint density at radius 2 is 2.00 bits per heavy atom. The van der Waals surface area contributed by atoms with E-state index in [1.165, 1.54) is 5.56 Å². The highest BCUT2D eigenvalue weighted by molar-refractivity contribution is 5.14. The van der Waals surface area contributed by atoms with Crippen LogP contribution in [-0.2, 0) is 6.54 Å². The monoisotopic (exact) mass is 179 g/mol. The molecule has 0 aromatic heterocycles. The maximum Gasteiger partial charge on any atom is 0.0445 e. The van der Waals surface area contributed by atoms with Crippen LogP contribution < -0.4 is 5.32 Å². The molecule has 1 atom stereocenters. The van der Waals surface area contributed by atoms with Gasteiger partial charge in [-0.2, -0.15) is 0 Å². The Balaban J connectivity index is 2.27. The van der Waals surface area contributed by atoms with Crippen molar-refractivity contribution in [1.29, 1.82) is 0 Å². The molecule has 0 aliphatic carbocycles. The molecule has 2 N–H and O–H groups in total. The summed E-state index contributed by atoms with van der Waals surface area (Å²) in [5, 5.41) is 12.0. The molecule has 0 fully saturated rings. The van der Waals surface area contributed by atoms with Crippen LogP contribution in [0.3, 0.4) is 0 Å². The van der Waals surface area contributed by atoms with Gasteiger partial charge in [-0.3, -0.25) is 0 Å². The van der Waals surface area contributed by atoms with Crippen molar-refractivity contribution in [2.45, 2.75) is 25.9 Å². The van der Waals surface area contributed by atoms with Gasteiger partial charge in [0.2, 0.25) is 0 Å². The topological polar surface area (TPSA) is 32.3 Å². The molecule has 0 amide bonds. The first-order valence-electron chi connectivity index (χ1n) is 4.71. The van der Waals surface area contributed by atoms with E-state index in [1.807, 2.05) is 18.2 Å². The maximum absolute atomic E-state index is 8.69. The third-order valence-electron chi connectivity index (χ3n) is 2.06. The zero-order chi connectivity index (χ0) is 9.52. The number of rotatable bonds is 5. The highest BCUT2D eigenvalue weighted by Crippen LogP contribution is 1.99. The predicted octanol–water partition coefficient (Wildman–Crippen LogP) is 1.55. The number of aliphatic hydroxyl groups excluding tert-OH is 1. The number of hydrogen-bond donors (Lipinski definition) is 2. The summed E-state index contributed by atoms with van der Waals surface area (Å²) >= 11 is 0. The lowest BCUT2D eigenvalue weighted by molar-refractivity contribution is 0.268. The SMILES string of the molecule is CC(CCO)NCc1ccccc1. The van der Waals surface area contributed by atoms with E-state index in [2.05, 4.69) is 24.4 Å². The summed E-state index contributed by atoms with van der Waals surface area (Å²) in [6.45, 7) is 3.21. The minimum atomic E-state index is 0.253. The van der Waals surface area contributed by atoms with Crippen molar-refractivity contribution >= 4 is 0 Å². The van der Waals surface area contributed by atoms with Gasteiger partial charge < -0.3 is 10.4 Å². The van der Waals surface area contributed by atoms with Crippen LogP contribution in [0, 0.1) is 0 Å². The lowest BCUT2D eigenvalue weighted by atomic mass is 10.2. The van der Waals surface area contributed by atoms with E-state index in [0.717, 1.165) is 13.0 Å². The molecule has 72 valence electrons. The van der Waals surface area contributed by atoms with E-state index >= 15 is 0 Å². The Labute approximate surface area is 79.6 Å². The highest BCUT2D eigenvalue weighted by Gasteiger charge is 1.99. The van der Waals surface area contributed by atoms with Crippen LogP contribution in [0.2, 0.25) is 0 Å². The molecule has 1 unspecified atom stereocenters. The average Bonchev–Trinajstić information content (AvgIpc) is 2.17. The molecule has 1 aromatic carbocycles. The molecule has 1 aromatic rings. The number of hydrogen-bond acceptors (Lipinski definition) is 2. The summed E-state index contributed by atoms with van der Waals surface area (Å²) in [6.07, 6.45) is 0.812. The van der Waals surface area contributed by atoms with Crippen molar-refractivity contribution in [2.24, 2.45) is 0 Å². The Morgan fingerprint density at radius 1 is 1.31 bits per heavy atom. The standard InChI is InChI=1S/C11H17NO/c1-10(7-8-13)12-9-11-5-3-2-4-6-11/h2-6,10,12-13H,7-9H2,1H3. The molecule has 1 rings (SSSR count). The normalized spacial score (nSPS) is 12.8. The van der Waals surface area contributed by atoms with Gasteiger partial charge in [0.25, 0.3) is 0 Å². The van der Waals surface area contributed by atoms with Crippen LogP contribution in [0.4, 0.5) is 0 Å². The first kappa shape index (κ1) is 10.2. The second kappa shape index (κ2) is 5.73. The van der Waals surface area contributed by atoms with Gasteiger partial charge in [0.05, 0.1) is 0 Å². The van der Waals surface area contributed by atoms with E-state index in [-0.39, 0.29) is 6.61 Å². The molecule has 2 nitrogen and oxygen atoms in total. The van der Waals surface area contributed by atoms with E-state index in [1.54, 1.807) is 0 Å². The summed E-state index contributed by atoms with van der Waals surface area (Å²) < 4.78 is 0. The van der Waals surface area contributed by atoms with E-state index < -0.39 is 0 Å². The molecule has 0 aliphatic heterocycles. The van der Waals surface area contributed by atoms with Crippen molar-refractivity contribution in [3.05, 3.63) is 35.9 Å². The van der Waals surface area contributed by atoms with Gasteiger partial charge in [0.15, 0.2) is 0 Å². The quantitative estimate of drug-likeness (QED) is 0.718. The van der Waals surface area contributed by atoms with Gasteiger partial charge >= 0.3 is 0 Å². The Kier molecular flexibility index (Phi) is 4.50. The third-order valence-corrected chi connectivity index (χ3v) is 2.06. The van der Waals surface area contributed by atoms with Gasteiger partial charge in [0.1, 0.15) is 0 Å². The van der Waals surface area contributed by atoms with Gasteiger partial charge in [-0.25, -0.2) is 0 Å². The summed E-state index contributed by atoms with van der Waals surface area (Å²) in [5.41, 5.74) is 1.28. The van der Waals surface area contributed by atoms with E-state index in [4.69, 9.17) is 5.11 Å². The van der Waals surface area contributed by atoms with Crippen LogP contribution in [0.5, 0.6) is 0 Å². The third kappa shape index (κ3) is 4.06. The molecule has 0 heterocycles. The first-order valence-corrected chi connectivity index (χ1v) is 4.71. The molecule has 0 saturated carbocycles. The fraction of sp³-hybridized carbons (Fsp3) is 0.455. The van der Waals surface area contributed by atoms with Crippen LogP contribution in [-0.4, -0.2) is 17.8 Å². The minimum absolute atomic E-state index is 0.253. The maximum atomic E-state index is 8.69. The molecule has 0 saturated heterocycles. The zero-order valence-electron chi connectivity index (χ0n) is 8.03. The summed E-state index contributed by atoms with van der Waals surface area (Å²) in [4.78, 5) is 0. The van der Waals surface area contributed by atoms with Gasteiger partial charge in [-0.15, -0.1) is 0 Å². The Bertz CT molecular complexity index is 223. The average molecular weight is 179 g/mol. The van der Waals surface area contributed by atoms with E-state index in [0.29, 0.717) is 6.04 Å². The summed E-state index contributed by atoms with van der Waals surface area (Å²) in [7, 11) is 0. The number of aliphatic hydroxyl groups is 1. The van der Waals surface area contributed by atoms with Crippen LogP contribution in [0.1, 0.15) is 18.9 Å². The molecule has 0 aliphatic rings. The second-order valence-electron chi connectivity index (χ2n) is 3.28. The fourth-order valence-corrected chi connectivity index (χ4v) is 1.18. The summed E-state index contributed by atoms with van der Waals surface area (Å²) in [5.74, 6) is 0. The minimum Gasteiger partial charge on any atom is -0.396 e. The molecule has 0 radical (unpaired) electrons. The van der Waals surface area contributed by atoms with Crippen molar-refractivity contribution in [3.63, 3.8) is 0 Å². The smallest absolute Gasteiger partial charge is 0.0445 e. The zero-order valence-corrected chi connectivity index (χ0v) is 8.03. The van der Waals surface area contributed by atoms with Crippen molar-refractivity contribution in [1.82, 2.24) is 5.32 Å². The molecule has 13 heavy (non-hydrogen) atoms. The fourth-order valence-electron chi connectivity index (χ4n) is 1.18. The van der Waals surface area contributed by atoms with Crippen molar-refractivity contribution < 1.29 is 5.11 Å². The van der Waals surface area contributed by atoms with Gasteiger partial charge in [-0.1, -0.05) is 30.3 Å². The van der Waals surface area contributed by atoms with Gasteiger partial charge in [-0.05, 0) is 18.9 Å². The molecular weight excluding hydrogens is 162 g/mol. The Hall–Kier alpha value is -0.860. The predicted molar refractivity (Wildman–Crippen MR) is 54.4 cm³/mol. The van der Waals surface area contributed by atoms with Crippen molar-refractivity contribution in [2.75, 3.05) is 6.61 Å². The first-order chi connectivity index (χ1) is 6.33. The van der Waals surface area contributed by atoms with Crippen LogP contribution >= 0.6 is 0 Å². The van der Waals surface area contributed by atoms with Crippen LogP contribution in [0.25, 0.3) is 0 Å². The molecular formula is C11H17NO. The highest BCUT2D eigenvalue weighted by atomic mass is 16.3. The van der Waals surface area contributed by atoms with Gasteiger partial charge in [0, 0.05) is 19.2 Å². The largest absolute Gasteiger partial charge is 0.396 e. The van der Waals surface area contributed by atoms with E-state index in [9.17, 15) is 0 Å². The van der Waals surface area contributed by atoms with Crippen LogP contribution in [0.15, 0.2) is 30.3 Å². The lowest BCUT2D eigenvalue weighted by Gasteiger charge is -2.11.